The molecule has 0 aromatic rings. The fourth-order valence-corrected chi connectivity index (χ4v) is 2.90. The molecule has 1 atom stereocenters. The van der Waals surface area contributed by atoms with E-state index in [1.165, 1.54) is 19.3 Å². The van der Waals surface area contributed by atoms with Crippen LogP contribution in [-0.4, -0.2) is 41.8 Å². The van der Waals surface area contributed by atoms with Crippen LogP contribution in [0.25, 0.3) is 0 Å². The minimum absolute atomic E-state index is 0.0972. The fraction of sp³-hybridized carbons (Fsp3) is 0.857. The Bertz CT molecular complexity index is 301. The second-order valence-electron chi connectivity index (χ2n) is 5.59. The summed E-state index contributed by atoms with van der Waals surface area (Å²) in [7, 11) is 0. The Hall–Kier alpha value is -0.900. The summed E-state index contributed by atoms with van der Waals surface area (Å²) in [6.45, 7) is 3.42. The molecule has 2 rings (SSSR count). The number of amides is 1. The molecular formula is C14H24N2O2. The SMILES string of the molecule is CC(C(=O)NC1CCCCC1)N1CCC(=O)CC1. The summed E-state index contributed by atoms with van der Waals surface area (Å²) in [5.41, 5.74) is 0. The second-order valence-corrected chi connectivity index (χ2v) is 5.59. The molecule has 0 aromatic carbocycles. The topological polar surface area (TPSA) is 49.4 Å². The number of carbonyl (C=O) groups excluding carboxylic acids is 2. The molecule has 4 heteroatoms. The second kappa shape index (κ2) is 6.32. The highest BCUT2D eigenvalue weighted by molar-refractivity contribution is 5.83. The van der Waals surface area contributed by atoms with Gasteiger partial charge in [0.25, 0.3) is 0 Å². The van der Waals surface area contributed by atoms with Crippen LogP contribution in [0.5, 0.6) is 0 Å². The molecule has 0 bridgehead atoms. The van der Waals surface area contributed by atoms with E-state index in [4.69, 9.17) is 0 Å². The van der Waals surface area contributed by atoms with E-state index < -0.39 is 0 Å². The highest BCUT2D eigenvalue weighted by Crippen LogP contribution is 2.18. The van der Waals surface area contributed by atoms with E-state index in [-0.39, 0.29) is 11.9 Å². The first-order chi connectivity index (χ1) is 8.66. The quantitative estimate of drug-likeness (QED) is 0.828. The fourth-order valence-electron chi connectivity index (χ4n) is 2.90. The summed E-state index contributed by atoms with van der Waals surface area (Å²) in [6, 6.07) is 0.278. The van der Waals surface area contributed by atoms with Crippen molar-refractivity contribution in [2.45, 2.75) is 64.0 Å². The molecule has 0 spiro atoms. The van der Waals surface area contributed by atoms with Crippen molar-refractivity contribution in [3.8, 4) is 0 Å². The van der Waals surface area contributed by atoms with Crippen molar-refractivity contribution in [3.63, 3.8) is 0 Å². The number of carbonyl (C=O) groups is 2. The number of hydrogen-bond acceptors (Lipinski definition) is 3. The zero-order valence-corrected chi connectivity index (χ0v) is 11.3. The lowest BCUT2D eigenvalue weighted by Crippen LogP contribution is -2.50. The highest BCUT2D eigenvalue weighted by Gasteiger charge is 2.27. The van der Waals surface area contributed by atoms with E-state index in [2.05, 4.69) is 10.2 Å². The lowest BCUT2D eigenvalue weighted by Gasteiger charge is -2.32. The van der Waals surface area contributed by atoms with Gasteiger partial charge in [0.2, 0.25) is 5.91 Å². The molecule has 4 nitrogen and oxygen atoms in total. The summed E-state index contributed by atoms with van der Waals surface area (Å²) in [4.78, 5) is 25.5. The number of Topliss-reactive ketones (excluding diaryl/α,β-unsaturated/α-hetero) is 1. The van der Waals surface area contributed by atoms with Gasteiger partial charge in [0.05, 0.1) is 6.04 Å². The van der Waals surface area contributed by atoms with E-state index in [1.54, 1.807) is 0 Å². The molecule has 0 radical (unpaired) electrons. The zero-order valence-electron chi connectivity index (χ0n) is 11.3. The molecule has 0 aromatic heterocycles. The van der Waals surface area contributed by atoms with Crippen LogP contribution in [0.4, 0.5) is 0 Å². The van der Waals surface area contributed by atoms with E-state index in [1.807, 2.05) is 6.92 Å². The Morgan fingerprint density at radius 1 is 1.22 bits per heavy atom. The number of nitrogens with zero attached hydrogens (tertiary/aromatic N) is 1. The van der Waals surface area contributed by atoms with Gasteiger partial charge in [-0.25, -0.2) is 0 Å². The van der Waals surface area contributed by atoms with Gasteiger partial charge < -0.3 is 5.32 Å². The maximum atomic E-state index is 12.2. The van der Waals surface area contributed by atoms with Crippen molar-refractivity contribution in [2.24, 2.45) is 0 Å². The van der Waals surface area contributed by atoms with Crippen molar-refractivity contribution in [3.05, 3.63) is 0 Å². The lowest BCUT2D eigenvalue weighted by atomic mass is 9.95. The van der Waals surface area contributed by atoms with E-state index in [9.17, 15) is 9.59 Å². The van der Waals surface area contributed by atoms with Gasteiger partial charge in [-0.2, -0.15) is 0 Å². The highest BCUT2D eigenvalue weighted by atomic mass is 16.2. The molecule has 2 aliphatic rings. The van der Waals surface area contributed by atoms with Crippen LogP contribution in [-0.2, 0) is 9.59 Å². The van der Waals surface area contributed by atoms with Crippen LogP contribution in [0.2, 0.25) is 0 Å². The van der Waals surface area contributed by atoms with Crippen molar-refractivity contribution in [1.82, 2.24) is 10.2 Å². The molecule has 2 fully saturated rings. The molecule has 1 saturated carbocycles. The minimum Gasteiger partial charge on any atom is -0.352 e. The van der Waals surface area contributed by atoms with E-state index >= 15 is 0 Å². The molecule has 1 N–H and O–H groups in total. The molecular weight excluding hydrogens is 228 g/mol. The Morgan fingerprint density at radius 2 is 1.83 bits per heavy atom. The third-order valence-corrected chi connectivity index (χ3v) is 4.23. The molecule has 1 aliphatic heterocycles. The average molecular weight is 252 g/mol. The number of nitrogens with one attached hydrogen (secondary N) is 1. The third kappa shape index (κ3) is 3.55. The van der Waals surface area contributed by atoms with Crippen molar-refractivity contribution >= 4 is 11.7 Å². The van der Waals surface area contributed by atoms with Crippen LogP contribution in [0, 0.1) is 0 Å². The van der Waals surface area contributed by atoms with E-state index in [0.29, 0.717) is 24.7 Å². The first kappa shape index (κ1) is 13.5. The van der Waals surface area contributed by atoms with Crippen LogP contribution < -0.4 is 5.32 Å². The predicted molar refractivity (Wildman–Crippen MR) is 70.3 cm³/mol. The normalized spacial score (nSPS) is 24.8. The van der Waals surface area contributed by atoms with Crippen LogP contribution in [0.1, 0.15) is 51.9 Å². The Balaban J connectivity index is 1.78. The zero-order chi connectivity index (χ0) is 13.0. The molecule has 102 valence electrons. The van der Waals surface area contributed by atoms with Gasteiger partial charge >= 0.3 is 0 Å². The van der Waals surface area contributed by atoms with Crippen molar-refractivity contribution in [2.75, 3.05) is 13.1 Å². The average Bonchev–Trinajstić information content (AvgIpc) is 2.40. The monoisotopic (exact) mass is 252 g/mol. The van der Waals surface area contributed by atoms with Gasteiger partial charge in [0.15, 0.2) is 0 Å². The minimum atomic E-state index is -0.0972. The molecule has 18 heavy (non-hydrogen) atoms. The number of likely N-dealkylation sites (tertiary alicyclic amines) is 1. The van der Waals surface area contributed by atoms with Gasteiger partial charge in [0.1, 0.15) is 5.78 Å². The number of piperidine rings is 1. The van der Waals surface area contributed by atoms with Gasteiger partial charge in [-0.3, -0.25) is 14.5 Å². The standard InChI is InChI=1S/C14H24N2O2/c1-11(16-9-7-13(17)8-10-16)14(18)15-12-5-3-2-4-6-12/h11-12H,2-10H2,1H3,(H,15,18). The molecule has 1 unspecified atom stereocenters. The first-order valence-corrected chi connectivity index (χ1v) is 7.23. The summed E-state index contributed by atoms with van der Waals surface area (Å²) >= 11 is 0. The molecule has 1 heterocycles. The summed E-state index contributed by atoms with van der Waals surface area (Å²) in [6.07, 6.45) is 7.21. The largest absolute Gasteiger partial charge is 0.352 e. The van der Waals surface area contributed by atoms with Crippen LogP contribution in [0.15, 0.2) is 0 Å². The van der Waals surface area contributed by atoms with Crippen LogP contribution >= 0.6 is 0 Å². The molecule has 1 amide bonds. The van der Waals surface area contributed by atoms with Crippen LogP contribution in [0.3, 0.4) is 0 Å². The molecule has 1 saturated heterocycles. The lowest BCUT2D eigenvalue weighted by molar-refractivity contribution is -0.130. The molecule has 1 aliphatic carbocycles. The Kier molecular flexibility index (Phi) is 4.75. The smallest absolute Gasteiger partial charge is 0.237 e. The number of hydrogen-bond donors (Lipinski definition) is 1. The number of rotatable bonds is 3. The summed E-state index contributed by atoms with van der Waals surface area (Å²) in [5, 5.41) is 3.16. The van der Waals surface area contributed by atoms with Gasteiger partial charge in [-0.05, 0) is 19.8 Å². The predicted octanol–water partition coefficient (Wildman–Crippen LogP) is 1.49. The van der Waals surface area contributed by atoms with Gasteiger partial charge in [-0.15, -0.1) is 0 Å². The van der Waals surface area contributed by atoms with Crippen molar-refractivity contribution in [1.29, 1.82) is 0 Å². The maximum absolute atomic E-state index is 12.2. The summed E-state index contributed by atoms with van der Waals surface area (Å²) in [5.74, 6) is 0.461. The van der Waals surface area contributed by atoms with Gasteiger partial charge in [-0.1, -0.05) is 19.3 Å². The number of ketones is 1. The maximum Gasteiger partial charge on any atom is 0.237 e. The van der Waals surface area contributed by atoms with Crippen molar-refractivity contribution < 1.29 is 9.59 Å². The summed E-state index contributed by atoms with van der Waals surface area (Å²) < 4.78 is 0. The first-order valence-electron chi connectivity index (χ1n) is 7.23. The Labute approximate surface area is 109 Å². The Morgan fingerprint density at radius 3 is 2.44 bits per heavy atom. The third-order valence-electron chi connectivity index (χ3n) is 4.23. The van der Waals surface area contributed by atoms with E-state index in [0.717, 1.165) is 25.9 Å². The van der Waals surface area contributed by atoms with Gasteiger partial charge in [0, 0.05) is 32.0 Å².